The molecule has 1 aromatic heterocycles. The van der Waals surface area contributed by atoms with Crippen molar-refractivity contribution in [3.63, 3.8) is 0 Å². The smallest absolute Gasteiger partial charge is 0.129 e. The molecular weight excluding hydrogens is 294 g/mol. The van der Waals surface area contributed by atoms with E-state index in [4.69, 9.17) is 0 Å². The van der Waals surface area contributed by atoms with E-state index < -0.39 is 0 Å². The molecular formula is C13H14BrN3O. The molecule has 0 saturated heterocycles. The van der Waals surface area contributed by atoms with Crippen LogP contribution < -0.4 is 5.32 Å². The van der Waals surface area contributed by atoms with Crippen LogP contribution in [-0.4, -0.2) is 15.1 Å². The zero-order valence-electron chi connectivity index (χ0n) is 10.0. The van der Waals surface area contributed by atoms with E-state index in [0.29, 0.717) is 17.6 Å². The number of phenols is 1. The van der Waals surface area contributed by atoms with Gasteiger partial charge in [0.2, 0.25) is 0 Å². The van der Waals surface area contributed by atoms with Gasteiger partial charge in [0.25, 0.3) is 0 Å². The molecule has 0 bridgehead atoms. The lowest BCUT2D eigenvalue weighted by molar-refractivity contribution is 0.471. The van der Waals surface area contributed by atoms with Gasteiger partial charge in [-0.25, -0.2) is 0 Å². The maximum Gasteiger partial charge on any atom is 0.129 e. The molecule has 1 heterocycles. The van der Waals surface area contributed by atoms with Gasteiger partial charge < -0.3 is 10.4 Å². The molecule has 94 valence electrons. The van der Waals surface area contributed by atoms with Crippen LogP contribution in [0.25, 0.3) is 0 Å². The summed E-state index contributed by atoms with van der Waals surface area (Å²) < 4.78 is 0.705. The zero-order chi connectivity index (χ0) is 13.0. The summed E-state index contributed by atoms with van der Waals surface area (Å²) in [6, 6.07) is 5.45. The minimum Gasteiger partial charge on any atom is -0.507 e. The number of hydrogen-bond acceptors (Lipinski definition) is 4. The Balaban J connectivity index is 1.88. The molecule has 0 amide bonds. The minimum atomic E-state index is 0.253. The van der Waals surface area contributed by atoms with Gasteiger partial charge in [-0.2, -0.15) is 0 Å². The number of nitrogens with zero attached hydrogens (tertiary/aromatic N) is 2. The van der Waals surface area contributed by atoms with Crippen molar-refractivity contribution in [2.45, 2.75) is 20.0 Å². The molecule has 0 unspecified atom stereocenters. The lowest BCUT2D eigenvalue weighted by Gasteiger charge is -2.06. The van der Waals surface area contributed by atoms with Gasteiger partial charge in [-0.05, 0) is 40.5 Å². The van der Waals surface area contributed by atoms with Gasteiger partial charge in [-0.3, -0.25) is 9.97 Å². The van der Waals surface area contributed by atoms with Crippen molar-refractivity contribution in [1.82, 2.24) is 15.3 Å². The summed E-state index contributed by atoms with van der Waals surface area (Å²) in [4.78, 5) is 8.45. The fourth-order valence-corrected chi connectivity index (χ4v) is 1.93. The van der Waals surface area contributed by atoms with Crippen molar-refractivity contribution in [3.8, 4) is 5.75 Å². The second-order valence-corrected chi connectivity index (χ2v) is 4.89. The summed E-state index contributed by atoms with van der Waals surface area (Å²) in [7, 11) is 0. The molecule has 0 spiro atoms. The van der Waals surface area contributed by atoms with Gasteiger partial charge in [0.15, 0.2) is 0 Å². The van der Waals surface area contributed by atoms with Gasteiger partial charge >= 0.3 is 0 Å². The number of benzene rings is 1. The van der Waals surface area contributed by atoms with Gasteiger partial charge in [0, 0.05) is 25.5 Å². The fourth-order valence-electron chi connectivity index (χ4n) is 1.51. The Morgan fingerprint density at radius 1 is 1.22 bits per heavy atom. The van der Waals surface area contributed by atoms with E-state index >= 15 is 0 Å². The number of aryl methyl sites for hydroxylation is 1. The van der Waals surface area contributed by atoms with Gasteiger partial charge in [0.05, 0.1) is 15.9 Å². The third-order valence-electron chi connectivity index (χ3n) is 2.48. The zero-order valence-corrected chi connectivity index (χ0v) is 11.6. The highest BCUT2D eigenvalue weighted by Gasteiger charge is 2.00. The SMILES string of the molecule is Cc1cnc(CNCc2ccc(O)c(Br)c2)cn1. The molecule has 18 heavy (non-hydrogen) atoms. The summed E-state index contributed by atoms with van der Waals surface area (Å²) in [6.45, 7) is 3.30. The molecule has 1 aromatic carbocycles. The Morgan fingerprint density at radius 3 is 2.72 bits per heavy atom. The van der Waals surface area contributed by atoms with Crippen molar-refractivity contribution >= 4 is 15.9 Å². The van der Waals surface area contributed by atoms with Crippen LogP contribution in [0.2, 0.25) is 0 Å². The van der Waals surface area contributed by atoms with Gasteiger partial charge in [-0.15, -0.1) is 0 Å². The Hall–Kier alpha value is -1.46. The fraction of sp³-hybridized carbons (Fsp3) is 0.231. The number of nitrogens with one attached hydrogen (secondary N) is 1. The largest absolute Gasteiger partial charge is 0.507 e. The van der Waals surface area contributed by atoms with Crippen molar-refractivity contribution in [1.29, 1.82) is 0 Å². The monoisotopic (exact) mass is 307 g/mol. The van der Waals surface area contributed by atoms with Crippen molar-refractivity contribution < 1.29 is 5.11 Å². The maximum atomic E-state index is 9.39. The molecule has 5 heteroatoms. The van der Waals surface area contributed by atoms with Crippen LogP contribution in [0.3, 0.4) is 0 Å². The summed E-state index contributed by atoms with van der Waals surface area (Å²) in [5.41, 5.74) is 2.93. The average Bonchev–Trinajstić information content (AvgIpc) is 2.36. The third kappa shape index (κ3) is 3.51. The number of rotatable bonds is 4. The molecule has 2 rings (SSSR count). The van der Waals surface area contributed by atoms with E-state index in [1.165, 1.54) is 0 Å². The lowest BCUT2D eigenvalue weighted by Crippen LogP contribution is -2.13. The van der Waals surface area contributed by atoms with Crippen LogP contribution in [0.15, 0.2) is 35.1 Å². The highest BCUT2D eigenvalue weighted by atomic mass is 79.9. The van der Waals surface area contributed by atoms with Crippen molar-refractivity contribution in [2.75, 3.05) is 0 Å². The second-order valence-electron chi connectivity index (χ2n) is 4.04. The van der Waals surface area contributed by atoms with Gasteiger partial charge in [0.1, 0.15) is 5.75 Å². The Labute approximate surface area is 114 Å². The highest BCUT2D eigenvalue weighted by Crippen LogP contribution is 2.24. The Kier molecular flexibility index (Phi) is 4.28. The number of halogens is 1. The minimum absolute atomic E-state index is 0.253. The third-order valence-corrected chi connectivity index (χ3v) is 3.12. The van der Waals surface area contributed by atoms with Crippen LogP contribution in [0.4, 0.5) is 0 Å². The predicted octanol–water partition coefficient (Wildman–Crippen LogP) is 2.54. The molecule has 0 atom stereocenters. The van der Waals surface area contributed by atoms with Crippen molar-refractivity contribution in [2.24, 2.45) is 0 Å². The molecule has 0 aliphatic heterocycles. The summed E-state index contributed by atoms with van der Waals surface area (Å²) >= 11 is 3.29. The first-order chi connectivity index (χ1) is 8.65. The Bertz CT molecular complexity index is 528. The van der Waals surface area contributed by atoms with Gasteiger partial charge in [-0.1, -0.05) is 6.07 Å². The van der Waals surface area contributed by atoms with Crippen LogP contribution in [0.5, 0.6) is 5.75 Å². The van der Waals surface area contributed by atoms with E-state index in [-0.39, 0.29) is 5.75 Å². The van der Waals surface area contributed by atoms with E-state index in [1.54, 1.807) is 18.5 Å². The summed E-state index contributed by atoms with van der Waals surface area (Å²) in [6.07, 6.45) is 3.53. The number of phenolic OH excluding ortho intramolecular Hbond substituents is 1. The van der Waals surface area contributed by atoms with E-state index in [1.807, 2.05) is 19.1 Å². The first kappa shape index (κ1) is 13.0. The standard InChI is InChI=1S/C13H14BrN3O/c1-9-5-17-11(8-16-9)7-15-6-10-2-3-13(18)12(14)4-10/h2-5,8,15,18H,6-7H2,1H3. The number of hydrogen-bond donors (Lipinski definition) is 2. The van der Waals surface area contributed by atoms with E-state index in [9.17, 15) is 5.11 Å². The van der Waals surface area contributed by atoms with E-state index in [2.05, 4.69) is 31.2 Å². The quantitative estimate of drug-likeness (QED) is 0.911. The molecule has 2 aromatic rings. The second kappa shape index (κ2) is 5.93. The molecule has 0 radical (unpaired) electrons. The van der Waals surface area contributed by atoms with Crippen molar-refractivity contribution in [3.05, 3.63) is 52.0 Å². The van der Waals surface area contributed by atoms with Crippen LogP contribution in [-0.2, 0) is 13.1 Å². The molecule has 4 nitrogen and oxygen atoms in total. The topological polar surface area (TPSA) is 58.0 Å². The lowest BCUT2D eigenvalue weighted by atomic mass is 10.2. The number of aromatic hydroxyl groups is 1. The Morgan fingerprint density at radius 2 is 2.06 bits per heavy atom. The molecule has 0 saturated carbocycles. The van der Waals surface area contributed by atoms with E-state index in [0.717, 1.165) is 17.0 Å². The molecule has 0 fully saturated rings. The summed E-state index contributed by atoms with van der Waals surface area (Å²) in [5.74, 6) is 0.253. The molecule has 2 N–H and O–H groups in total. The van der Waals surface area contributed by atoms with Crippen LogP contribution >= 0.6 is 15.9 Å². The van der Waals surface area contributed by atoms with Crippen LogP contribution in [0.1, 0.15) is 17.0 Å². The first-order valence-corrected chi connectivity index (χ1v) is 6.40. The highest BCUT2D eigenvalue weighted by molar-refractivity contribution is 9.10. The first-order valence-electron chi connectivity index (χ1n) is 5.61. The molecule has 0 aliphatic carbocycles. The predicted molar refractivity (Wildman–Crippen MR) is 73.1 cm³/mol. The normalized spacial score (nSPS) is 10.6. The molecule has 0 aliphatic rings. The van der Waals surface area contributed by atoms with Crippen LogP contribution in [0, 0.1) is 6.92 Å². The summed E-state index contributed by atoms with van der Waals surface area (Å²) in [5, 5.41) is 12.7. The maximum absolute atomic E-state index is 9.39. The average molecular weight is 308 g/mol. The number of aromatic nitrogens is 2.